The van der Waals surface area contributed by atoms with Crippen LogP contribution < -0.4 is 4.74 Å². The Morgan fingerprint density at radius 3 is 2.59 bits per heavy atom. The number of methoxy groups -OCH3 is 1. The number of imidazole rings is 1. The summed E-state index contributed by atoms with van der Waals surface area (Å²) in [7, 11) is 1.66. The topological polar surface area (TPSA) is 62.1 Å². The number of fused-ring (bicyclic) bond motifs is 1. The maximum Gasteiger partial charge on any atom is 0.138 e. The molecule has 0 aliphatic carbocycles. The van der Waals surface area contributed by atoms with Gasteiger partial charge in [0.1, 0.15) is 23.2 Å². The highest BCUT2D eigenvalue weighted by atomic mass is 32.1. The maximum atomic E-state index is 13.6. The van der Waals surface area contributed by atoms with E-state index in [4.69, 9.17) is 19.4 Å². The van der Waals surface area contributed by atoms with Gasteiger partial charge in [0.25, 0.3) is 0 Å². The number of hydrogen-bond acceptors (Lipinski definition) is 6. The molecule has 6 nitrogen and oxygen atoms in total. The minimum Gasteiger partial charge on any atom is -0.497 e. The lowest BCUT2D eigenvalue weighted by molar-refractivity contribution is 0.0924. The summed E-state index contributed by atoms with van der Waals surface area (Å²) in [6.45, 7) is 1.07. The van der Waals surface area contributed by atoms with Crippen LogP contribution in [0, 0.1) is 5.82 Å². The van der Waals surface area contributed by atoms with Crippen LogP contribution in [0.1, 0.15) is 29.7 Å². The molecule has 174 valence electrons. The van der Waals surface area contributed by atoms with Crippen molar-refractivity contribution in [3.63, 3.8) is 0 Å². The van der Waals surface area contributed by atoms with Gasteiger partial charge in [-0.15, -0.1) is 0 Å². The first-order valence-electron chi connectivity index (χ1n) is 11.2. The first-order valence-corrected chi connectivity index (χ1v) is 11.8. The van der Waals surface area contributed by atoms with Gasteiger partial charge in [-0.3, -0.25) is 0 Å². The van der Waals surface area contributed by atoms with E-state index in [9.17, 15) is 4.39 Å². The normalized spacial score (nSPS) is 14.9. The second kappa shape index (κ2) is 9.95. The number of aryl methyl sites for hydroxylation is 1. The average molecular weight is 477 g/mol. The number of hydrogen-bond donors (Lipinski definition) is 1. The van der Waals surface area contributed by atoms with Crippen molar-refractivity contribution in [1.82, 2.24) is 19.5 Å². The lowest BCUT2D eigenvalue weighted by atomic mass is 10.1. The number of rotatable bonds is 8. The Morgan fingerprint density at radius 1 is 1.06 bits per heavy atom. The second-order valence-corrected chi connectivity index (χ2v) is 8.49. The van der Waals surface area contributed by atoms with Gasteiger partial charge in [-0.1, -0.05) is 12.1 Å². The lowest BCUT2D eigenvalue weighted by Gasteiger charge is -2.18. The molecule has 1 aliphatic heterocycles. The van der Waals surface area contributed by atoms with Gasteiger partial charge in [-0.05, 0) is 54.4 Å². The Bertz CT molecular complexity index is 1280. The predicted octanol–water partition coefficient (Wildman–Crippen LogP) is 5.29. The summed E-state index contributed by atoms with van der Waals surface area (Å²) in [4.78, 5) is 14.0. The van der Waals surface area contributed by atoms with Gasteiger partial charge < -0.3 is 14.0 Å². The Hall–Kier alpha value is -3.23. The van der Waals surface area contributed by atoms with Crippen LogP contribution in [-0.2, 0) is 23.5 Å². The number of ether oxygens (including phenoxy) is 2. The highest BCUT2D eigenvalue weighted by molar-refractivity contribution is 7.79. The van der Waals surface area contributed by atoms with Crippen molar-refractivity contribution in [2.45, 2.75) is 31.2 Å². The van der Waals surface area contributed by atoms with E-state index in [1.165, 1.54) is 12.1 Å². The van der Waals surface area contributed by atoms with Gasteiger partial charge in [0, 0.05) is 18.2 Å². The van der Waals surface area contributed by atoms with Crippen molar-refractivity contribution in [3.8, 4) is 28.4 Å². The number of nitrogens with zero attached hydrogens (tertiary/aromatic N) is 4. The maximum absolute atomic E-state index is 13.6. The quantitative estimate of drug-likeness (QED) is 0.350. The third-order valence-corrected chi connectivity index (χ3v) is 6.28. The number of aromatic nitrogens is 4. The summed E-state index contributed by atoms with van der Waals surface area (Å²) in [5.74, 6) is 2.62. The average Bonchev–Trinajstić information content (AvgIpc) is 3.45. The lowest BCUT2D eigenvalue weighted by Crippen LogP contribution is -2.13. The zero-order valence-electron chi connectivity index (χ0n) is 18.8. The molecule has 3 heterocycles. The standard InChI is InChI=1S/C26H25FN4O2S/c1-32-21-9-2-17(3-10-21)14-33-15-20-8-11-24-30-25(18-4-6-19(27)7-5-18)26(31(20)24)22-12-13-28-23(16-34)29-22/h2-7,9-10,12-13,20,34H,8,11,14-16H2,1H3. The largest absolute Gasteiger partial charge is 0.497 e. The van der Waals surface area contributed by atoms with Gasteiger partial charge in [0.05, 0.1) is 49.2 Å². The highest BCUT2D eigenvalue weighted by Crippen LogP contribution is 2.39. The molecular weight excluding hydrogens is 451 g/mol. The Balaban J connectivity index is 1.46. The summed E-state index contributed by atoms with van der Waals surface area (Å²) in [6, 6.07) is 16.3. The van der Waals surface area contributed by atoms with Crippen LogP contribution in [0.3, 0.4) is 0 Å². The highest BCUT2D eigenvalue weighted by Gasteiger charge is 2.31. The third kappa shape index (κ3) is 4.56. The summed E-state index contributed by atoms with van der Waals surface area (Å²) in [6.07, 6.45) is 3.52. The van der Waals surface area contributed by atoms with E-state index >= 15 is 0 Å². The molecule has 0 N–H and O–H groups in total. The van der Waals surface area contributed by atoms with Crippen molar-refractivity contribution in [3.05, 3.63) is 83.8 Å². The Morgan fingerprint density at radius 2 is 1.85 bits per heavy atom. The van der Waals surface area contributed by atoms with Gasteiger partial charge >= 0.3 is 0 Å². The summed E-state index contributed by atoms with van der Waals surface area (Å²) < 4.78 is 27.2. The van der Waals surface area contributed by atoms with Crippen molar-refractivity contribution in [2.75, 3.05) is 13.7 Å². The van der Waals surface area contributed by atoms with E-state index in [0.717, 1.165) is 52.6 Å². The van der Waals surface area contributed by atoms with Gasteiger partial charge in [0.2, 0.25) is 0 Å². The molecule has 0 amide bonds. The van der Waals surface area contributed by atoms with Gasteiger partial charge in [-0.2, -0.15) is 12.6 Å². The number of halogens is 1. The van der Waals surface area contributed by atoms with Gasteiger partial charge in [-0.25, -0.2) is 19.3 Å². The third-order valence-electron chi connectivity index (χ3n) is 6.00. The molecular formula is C26H25FN4O2S. The van der Waals surface area contributed by atoms with E-state index in [0.29, 0.717) is 24.8 Å². The fourth-order valence-corrected chi connectivity index (χ4v) is 4.48. The van der Waals surface area contributed by atoms with Crippen molar-refractivity contribution < 1.29 is 13.9 Å². The molecule has 2 aromatic heterocycles. The van der Waals surface area contributed by atoms with E-state index < -0.39 is 0 Å². The number of benzene rings is 2. The summed E-state index contributed by atoms with van der Waals surface area (Å²) in [5, 5.41) is 0. The van der Waals surface area contributed by atoms with E-state index in [-0.39, 0.29) is 11.9 Å². The van der Waals surface area contributed by atoms with Crippen LogP contribution in [0.2, 0.25) is 0 Å². The molecule has 0 radical (unpaired) electrons. The molecule has 5 rings (SSSR count). The molecule has 0 spiro atoms. The molecule has 2 aromatic carbocycles. The fourth-order valence-electron chi connectivity index (χ4n) is 4.33. The molecule has 8 heteroatoms. The Kier molecular flexibility index (Phi) is 6.60. The minimum atomic E-state index is -0.277. The zero-order chi connectivity index (χ0) is 23.5. The summed E-state index contributed by atoms with van der Waals surface area (Å²) >= 11 is 4.34. The molecule has 4 aromatic rings. The minimum absolute atomic E-state index is 0.124. The molecule has 1 aliphatic rings. The molecule has 0 bridgehead atoms. The smallest absolute Gasteiger partial charge is 0.138 e. The van der Waals surface area contributed by atoms with E-state index in [1.54, 1.807) is 25.4 Å². The van der Waals surface area contributed by atoms with Crippen molar-refractivity contribution >= 4 is 12.6 Å². The molecule has 0 saturated heterocycles. The van der Waals surface area contributed by atoms with Crippen LogP contribution in [0.5, 0.6) is 5.75 Å². The number of thiol groups is 1. The first-order chi connectivity index (χ1) is 16.7. The summed E-state index contributed by atoms with van der Waals surface area (Å²) in [5.41, 5.74) is 4.41. The zero-order valence-corrected chi connectivity index (χ0v) is 19.7. The molecule has 1 atom stereocenters. The monoisotopic (exact) mass is 476 g/mol. The van der Waals surface area contributed by atoms with Crippen LogP contribution in [0.4, 0.5) is 4.39 Å². The van der Waals surface area contributed by atoms with Gasteiger partial charge in [0.15, 0.2) is 0 Å². The molecule has 34 heavy (non-hydrogen) atoms. The van der Waals surface area contributed by atoms with Crippen LogP contribution in [0.25, 0.3) is 22.6 Å². The fraction of sp³-hybridized carbons (Fsp3) is 0.269. The molecule has 1 unspecified atom stereocenters. The van der Waals surface area contributed by atoms with E-state index in [1.807, 2.05) is 30.3 Å². The SMILES string of the molecule is COc1ccc(COCC2CCc3nc(-c4ccc(F)cc4)c(-c4ccnc(CS)n4)n32)cc1. The molecule has 0 fully saturated rings. The van der Waals surface area contributed by atoms with Crippen LogP contribution >= 0.6 is 12.6 Å². The first kappa shape index (κ1) is 22.6. The van der Waals surface area contributed by atoms with Crippen LogP contribution in [-0.4, -0.2) is 33.2 Å². The van der Waals surface area contributed by atoms with Crippen LogP contribution in [0.15, 0.2) is 60.8 Å². The van der Waals surface area contributed by atoms with Crippen molar-refractivity contribution in [2.24, 2.45) is 0 Å². The van der Waals surface area contributed by atoms with E-state index in [2.05, 4.69) is 22.2 Å². The molecule has 0 saturated carbocycles. The second-order valence-electron chi connectivity index (χ2n) is 8.17. The Labute approximate surface area is 203 Å². The van der Waals surface area contributed by atoms with Crippen molar-refractivity contribution in [1.29, 1.82) is 0 Å². The predicted molar refractivity (Wildman–Crippen MR) is 131 cm³/mol.